The van der Waals surface area contributed by atoms with Gasteiger partial charge < -0.3 is 4.42 Å². The Morgan fingerprint density at radius 2 is 1.68 bits per heavy atom. The van der Waals surface area contributed by atoms with Crippen molar-refractivity contribution in [1.29, 1.82) is 0 Å². The number of aryl methyl sites for hydroxylation is 1. The van der Waals surface area contributed by atoms with Gasteiger partial charge in [0.15, 0.2) is 11.2 Å². The lowest BCUT2D eigenvalue weighted by Gasteiger charge is -2.10. The van der Waals surface area contributed by atoms with E-state index in [1.807, 2.05) is 0 Å². The fourth-order valence-corrected chi connectivity index (χ4v) is 2.72. The summed E-state index contributed by atoms with van der Waals surface area (Å²) in [4.78, 5) is 36.7. The summed E-state index contributed by atoms with van der Waals surface area (Å²) in [7, 11) is 0. The fraction of sp³-hybridized carbons (Fsp3) is 0.0952. The third-order valence-corrected chi connectivity index (χ3v) is 3.99. The van der Waals surface area contributed by atoms with Crippen LogP contribution in [0.1, 0.15) is 21.7 Å². The molecule has 0 saturated carbocycles. The van der Waals surface area contributed by atoms with Crippen LogP contribution in [0.25, 0.3) is 17.0 Å². The Hall–Kier alpha value is -3.48. The van der Waals surface area contributed by atoms with Gasteiger partial charge >= 0.3 is 6.18 Å². The first-order valence-corrected chi connectivity index (χ1v) is 8.15. The lowest BCUT2D eigenvalue weighted by molar-refractivity contribution is -0.166. The number of benzene rings is 2. The third kappa shape index (κ3) is 3.78. The van der Waals surface area contributed by atoms with Crippen molar-refractivity contribution in [3.05, 3.63) is 87.3 Å². The van der Waals surface area contributed by atoms with E-state index in [-0.39, 0.29) is 33.3 Å². The molecule has 3 rings (SSSR count). The Bertz CT molecular complexity index is 1160. The molecule has 0 radical (unpaired) electrons. The average molecular weight is 386 g/mol. The largest absolute Gasteiger partial charge is 0.460 e. The van der Waals surface area contributed by atoms with Crippen LogP contribution in [0.15, 0.2) is 69.4 Å². The highest BCUT2D eigenvalue weighted by Gasteiger charge is 2.43. The number of halogens is 3. The van der Waals surface area contributed by atoms with Gasteiger partial charge in [-0.15, -0.1) is 0 Å². The predicted octanol–water partition coefficient (Wildman–Crippen LogP) is 4.50. The quantitative estimate of drug-likeness (QED) is 0.287. The second-order valence-corrected chi connectivity index (χ2v) is 6.03. The highest BCUT2D eigenvalue weighted by atomic mass is 19.4. The van der Waals surface area contributed by atoms with E-state index in [2.05, 4.69) is 0 Å². The summed E-state index contributed by atoms with van der Waals surface area (Å²) in [6, 6.07) is 12.7. The minimum absolute atomic E-state index is 0.000774. The molecular weight excluding hydrogens is 373 g/mol. The Morgan fingerprint density at radius 1 is 1.00 bits per heavy atom. The maximum absolute atomic E-state index is 13.1. The number of allylic oxidation sites excluding steroid dienone is 1. The standard InChI is InChI=1S/C21H13F3O4/c1-12-10-17(25)15-9-5-8-14(19(15)28-12)11-16(20(27)21(22,23)24)18(26)13-6-3-2-4-7-13/h2-11H,1H3/b16-11+. The summed E-state index contributed by atoms with van der Waals surface area (Å²) in [6.45, 7) is 1.51. The van der Waals surface area contributed by atoms with Crippen LogP contribution in [-0.2, 0) is 4.79 Å². The van der Waals surface area contributed by atoms with Crippen LogP contribution < -0.4 is 5.43 Å². The Morgan fingerprint density at radius 3 is 2.32 bits per heavy atom. The highest BCUT2D eigenvalue weighted by Crippen LogP contribution is 2.27. The zero-order valence-corrected chi connectivity index (χ0v) is 14.5. The van der Waals surface area contributed by atoms with Crippen molar-refractivity contribution in [2.45, 2.75) is 13.1 Å². The molecule has 0 amide bonds. The SMILES string of the molecule is Cc1cc(=O)c2cccc(/C=C(\C(=O)c3ccccc3)C(=O)C(F)(F)F)c2o1. The number of para-hydroxylation sites is 1. The molecule has 0 unspecified atom stereocenters. The molecule has 0 N–H and O–H groups in total. The van der Waals surface area contributed by atoms with Crippen LogP contribution in [0, 0.1) is 6.92 Å². The van der Waals surface area contributed by atoms with Gasteiger partial charge in [0.2, 0.25) is 0 Å². The van der Waals surface area contributed by atoms with E-state index in [0.29, 0.717) is 0 Å². The minimum atomic E-state index is -5.24. The van der Waals surface area contributed by atoms with Gasteiger partial charge in [-0.2, -0.15) is 13.2 Å². The Balaban J connectivity index is 2.26. The summed E-state index contributed by atoms with van der Waals surface area (Å²) in [5.41, 5.74) is -1.48. The summed E-state index contributed by atoms with van der Waals surface area (Å²) in [5.74, 6) is -3.10. The second-order valence-electron chi connectivity index (χ2n) is 6.03. The van der Waals surface area contributed by atoms with E-state index >= 15 is 0 Å². The fourth-order valence-electron chi connectivity index (χ4n) is 2.72. The molecule has 0 saturated heterocycles. The smallest absolute Gasteiger partial charge is 0.455 e. The molecule has 3 aromatic rings. The number of carbonyl (C=O) groups is 2. The normalized spacial score (nSPS) is 12.2. The molecule has 0 fully saturated rings. The van der Waals surface area contributed by atoms with Crippen molar-refractivity contribution in [3.8, 4) is 0 Å². The Labute approximate surface area is 156 Å². The van der Waals surface area contributed by atoms with Crippen molar-refractivity contribution >= 4 is 28.6 Å². The molecule has 0 atom stereocenters. The van der Waals surface area contributed by atoms with Crippen molar-refractivity contribution < 1.29 is 27.2 Å². The van der Waals surface area contributed by atoms with E-state index in [0.717, 1.165) is 6.08 Å². The molecule has 0 aliphatic heterocycles. The van der Waals surface area contributed by atoms with Gasteiger partial charge in [-0.25, -0.2) is 0 Å². The molecule has 0 bridgehead atoms. The van der Waals surface area contributed by atoms with E-state index in [1.54, 1.807) is 6.07 Å². The zero-order valence-electron chi connectivity index (χ0n) is 14.5. The van der Waals surface area contributed by atoms with Crippen molar-refractivity contribution in [1.82, 2.24) is 0 Å². The Kier molecular flexibility index (Phi) is 5.00. The maximum atomic E-state index is 13.1. The predicted molar refractivity (Wildman–Crippen MR) is 97.0 cm³/mol. The number of hydrogen-bond acceptors (Lipinski definition) is 4. The van der Waals surface area contributed by atoms with Crippen molar-refractivity contribution in [2.75, 3.05) is 0 Å². The number of rotatable bonds is 4. The average Bonchev–Trinajstić information content (AvgIpc) is 2.65. The highest BCUT2D eigenvalue weighted by molar-refractivity contribution is 6.30. The van der Waals surface area contributed by atoms with Crippen LogP contribution in [0.4, 0.5) is 13.2 Å². The topological polar surface area (TPSA) is 64.3 Å². The van der Waals surface area contributed by atoms with Crippen LogP contribution in [0.2, 0.25) is 0 Å². The molecule has 4 nitrogen and oxygen atoms in total. The molecule has 1 aromatic heterocycles. The molecule has 0 spiro atoms. The first kappa shape index (κ1) is 19.3. The van der Waals surface area contributed by atoms with E-state index in [4.69, 9.17) is 4.42 Å². The molecule has 28 heavy (non-hydrogen) atoms. The first-order valence-electron chi connectivity index (χ1n) is 8.15. The van der Waals surface area contributed by atoms with E-state index in [1.165, 1.54) is 55.5 Å². The number of fused-ring (bicyclic) bond motifs is 1. The number of alkyl halides is 3. The van der Waals surface area contributed by atoms with Gasteiger partial charge in [0.25, 0.3) is 5.78 Å². The van der Waals surface area contributed by atoms with Crippen LogP contribution in [0.3, 0.4) is 0 Å². The lowest BCUT2D eigenvalue weighted by Crippen LogP contribution is -2.28. The first-order chi connectivity index (χ1) is 13.2. The van der Waals surface area contributed by atoms with Gasteiger partial charge in [0.05, 0.1) is 11.0 Å². The summed E-state index contributed by atoms with van der Waals surface area (Å²) < 4.78 is 44.8. The molecule has 142 valence electrons. The number of ketones is 2. The van der Waals surface area contributed by atoms with Crippen molar-refractivity contribution in [2.24, 2.45) is 0 Å². The van der Waals surface area contributed by atoms with Gasteiger partial charge in [-0.1, -0.05) is 42.5 Å². The number of hydrogen-bond donors (Lipinski definition) is 0. The van der Waals surface area contributed by atoms with Crippen LogP contribution in [0.5, 0.6) is 0 Å². The summed E-state index contributed by atoms with van der Waals surface area (Å²) in [6.07, 6.45) is -4.42. The van der Waals surface area contributed by atoms with E-state index < -0.39 is 23.3 Å². The second kappa shape index (κ2) is 7.26. The van der Waals surface area contributed by atoms with Crippen molar-refractivity contribution in [3.63, 3.8) is 0 Å². The monoisotopic (exact) mass is 386 g/mol. The van der Waals surface area contributed by atoms with Crippen LogP contribution >= 0.6 is 0 Å². The van der Waals surface area contributed by atoms with Gasteiger partial charge in [0.1, 0.15) is 11.3 Å². The molecule has 0 aliphatic carbocycles. The number of Topliss-reactive ketones (excluding diaryl/α,β-unsaturated/α-hetero) is 2. The lowest BCUT2D eigenvalue weighted by atomic mass is 9.96. The molecule has 0 aliphatic rings. The molecule has 7 heteroatoms. The maximum Gasteiger partial charge on any atom is 0.455 e. The molecular formula is C21H13F3O4. The number of carbonyl (C=O) groups excluding carboxylic acids is 2. The molecule has 2 aromatic carbocycles. The summed E-state index contributed by atoms with van der Waals surface area (Å²) >= 11 is 0. The molecule has 1 heterocycles. The third-order valence-electron chi connectivity index (χ3n) is 3.99. The summed E-state index contributed by atoms with van der Waals surface area (Å²) in [5, 5.41) is 0.130. The minimum Gasteiger partial charge on any atom is -0.460 e. The van der Waals surface area contributed by atoms with E-state index in [9.17, 15) is 27.6 Å². The van der Waals surface area contributed by atoms with Gasteiger partial charge in [-0.3, -0.25) is 14.4 Å². The zero-order chi connectivity index (χ0) is 20.5. The van der Waals surface area contributed by atoms with Gasteiger partial charge in [-0.05, 0) is 19.1 Å². The van der Waals surface area contributed by atoms with Gasteiger partial charge in [0, 0.05) is 17.2 Å². The van der Waals surface area contributed by atoms with Crippen LogP contribution in [-0.4, -0.2) is 17.7 Å².